The first-order chi connectivity index (χ1) is 15.9. The normalized spacial score (nSPS) is 10.3. The summed E-state index contributed by atoms with van der Waals surface area (Å²) in [6.07, 6.45) is 2.00. The van der Waals surface area contributed by atoms with Crippen molar-refractivity contribution in [2.75, 3.05) is 18.5 Å². The molecule has 0 fully saturated rings. The number of anilines is 1. The van der Waals surface area contributed by atoms with Gasteiger partial charge in [-0.25, -0.2) is 4.98 Å². The number of Topliss-reactive ketones (excluding diaryl/α,β-unsaturated/α-hetero) is 1. The van der Waals surface area contributed by atoms with E-state index in [0.29, 0.717) is 39.7 Å². The van der Waals surface area contributed by atoms with Gasteiger partial charge in [-0.3, -0.25) is 9.59 Å². The van der Waals surface area contributed by atoms with Crippen LogP contribution in [0.2, 0.25) is 5.02 Å². The van der Waals surface area contributed by atoms with Gasteiger partial charge in [-0.15, -0.1) is 0 Å². The number of carbonyl (C=O) groups is 2. The van der Waals surface area contributed by atoms with E-state index in [0.717, 1.165) is 11.1 Å². The van der Waals surface area contributed by atoms with Crippen molar-refractivity contribution in [2.24, 2.45) is 0 Å². The highest BCUT2D eigenvalue weighted by Crippen LogP contribution is 2.31. The lowest BCUT2D eigenvalue weighted by Crippen LogP contribution is -2.15. The molecule has 168 valence electrons. The highest BCUT2D eigenvalue weighted by atomic mass is 35.5. The molecule has 2 N–H and O–H groups in total. The molecule has 0 radical (unpaired) electrons. The summed E-state index contributed by atoms with van der Waals surface area (Å²) < 4.78 is 5.67. The fourth-order valence-electron chi connectivity index (χ4n) is 3.23. The van der Waals surface area contributed by atoms with Gasteiger partial charge in [0, 0.05) is 34.3 Å². The zero-order chi connectivity index (χ0) is 23.8. The zero-order valence-electron chi connectivity index (χ0n) is 18.0. The van der Waals surface area contributed by atoms with Gasteiger partial charge in [-0.2, -0.15) is 5.26 Å². The van der Waals surface area contributed by atoms with Crippen molar-refractivity contribution < 1.29 is 19.4 Å². The maximum Gasteiger partial charge on any atom is 0.303 e. The van der Waals surface area contributed by atoms with Gasteiger partial charge >= 0.3 is 5.97 Å². The monoisotopic (exact) mass is 463 g/mol. The van der Waals surface area contributed by atoms with Crippen LogP contribution in [0.1, 0.15) is 34.5 Å². The Labute approximate surface area is 196 Å². The molecule has 0 amide bonds. The number of ketones is 1. The van der Waals surface area contributed by atoms with Crippen LogP contribution in [0.3, 0.4) is 0 Å². The van der Waals surface area contributed by atoms with Crippen LogP contribution in [0.4, 0.5) is 5.69 Å². The number of benzene rings is 2. The number of para-hydroxylation sites is 2. The topological polar surface area (TPSA) is 112 Å². The van der Waals surface area contributed by atoms with Crippen molar-refractivity contribution in [1.29, 1.82) is 5.26 Å². The number of carboxylic acid groups (broad SMARTS) is 1. The van der Waals surface area contributed by atoms with Gasteiger partial charge in [-0.1, -0.05) is 23.7 Å². The average Bonchev–Trinajstić information content (AvgIpc) is 2.81. The summed E-state index contributed by atoms with van der Waals surface area (Å²) in [4.78, 5) is 27.6. The molecular formula is C25H22ClN3O4. The molecule has 0 unspecified atom stereocenters. The first-order valence-electron chi connectivity index (χ1n) is 10.3. The minimum atomic E-state index is -0.870. The Morgan fingerprint density at radius 2 is 1.97 bits per heavy atom. The Hall–Kier alpha value is -3.89. The summed E-state index contributed by atoms with van der Waals surface area (Å²) in [5.41, 5.74) is 3.68. The number of aryl methyl sites for hydroxylation is 1. The number of pyridine rings is 1. The van der Waals surface area contributed by atoms with E-state index in [9.17, 15) is 9.59 Å². The molecule has 0 aliphatic rings. The predicted octanol–water partition coefficient (Wildman–Crippen LogP) is 5.12. The third-order valence-corrected chi connectivity index (χ3v) is 5.25. The minimum absolute atomic E-state index is 0.0289. The van der Waals surface area contributed by atoms with Crippen molar-refractivity contribution in [3.8, 4) is 22.9 Å². The largest absolute Gasteiger partial charge is 0.491 e. The summed E-state index contributed by atoms with van der Waals surface area (Å²) >= 11 is 6.38. The lowest BCUT2D eigenvalue weighted by atomic mass is 9.98. The molecule has 0 aliphatic heterocycles. The van der Waals surface area contributed by atoms with Crippen molar-refractivity contribution in [1.82, 2.24) is 4.98 Å². The van der Waals surface area contributed by atoms with Crippen LogP contribution in [0, 0.1) is 18.3 Å². The van der Waals surface area contributed by atoms with E-state index < -0.39 is 5.97 Å². The van der Waals surface area contributed by atoms with Crippen LogP contribution >= 0.6 is 11.6 Å². The number of hydrogen-bond acceptors (Lipinski definition) is 6. The molecule has 0 atom stereocenters. The maximum absolute atomic E-state index is 12.9. The van der Waals surface area contributed by atoms with Crippen molar-refractivity contribution in [3.05, 3.63) is 76.6 Å². The number of aliphatic carboxylic acids is 1. The van der Waals surface area contributed by atoms with Gasteiger partial charge < -0.3 is 15.2 Å². The second-order valence-corrected chi connectivity index (χ2v) is 7.72. The summed E-state index contributed by atoms with van der Waals surface area (Å²) in [5.74, 6) is -0.468. The summed E-state index contributed by atoms with van der Waals surface area (Å²) in [7, 11) is 0. The van der Waals surface area contributed by atoms with E-state index in [-0.39, 0.29) is 25.4 Å². The highest BCUT2D eigenvalue weighted by Gasteiger charge is 2.14. The molecule has 0 saturated carbocycles. The Bertz CT molecular complexity index is 1220. The van der Waals surface area contributed by atoms with Gasteiger partial charge in [0.2, 0.25) is 0 Å². The zero-order valence-corrected chi connectivity index (χ0v) is 18.7. The van der Waals surface area contributed by atoms with Crippen LogP contribution < -0.4 is 10.1 Å². The van der Waals surface area contributed by atoms with E-state index in [1.165, 1.54) is 0 Å². The molecule has 3 aromatic rings. The Morgan fingerprint density at radius 1 is 1.18 bits per heavy atom. The minimum Gasteiger partial charge on any atom is -0.491 e. The SMILES string of the molecule is Cc1cc(C#N)ncc1-c1cc(C(=O)CNc2ccccc2OCCCC(=O)O)ccc1Cl. The third-order valence-electron chi connectivity index (χ3n) is 4.92. The highest BCUT2D eigenvalue weighted by molar-refractivity contribution is 6.33. The molecule has 0 saturated heterocycles. The fraction of sp³-hybridized carbons (Fsp3) is 0.200. The number of nitrogens with zero attached hydrogens (tertiary/aromatic N) is 2. The number of halogens is 1. The lowest BCUT2D eigenvalue weighted by molar-refractivity contribution is -0.137. The Balaban J connectivity index is 1.72. The molecular weight excluding hydrogens is 442 g/mol. The molecule has 0 bridgehead atoms. The quantitative estimate of drug-likeness (QED) is 0.317. The predicted molar refractivity (Wildman–Crippen MR) is 126 cm³/mol. The third kappa shape index (κ3) is 6.31. The van der Waals surface area contributed by atoms with Gasteiger partial charge in [-0.05, 0) is 55.3 Å². The van der Waals surface area contributed by atoms with Gasteiger partial charge in [0.15, 0.2) is 5.78 Å². The number of hydrogen-bond donors (Lipinski definition) is 2. The van der Waals surface area contributed by atoms with Crippen molar-refractivity contribution >= 4 is 29.0 Å². The Kier molecular flexibility index (Phi) is 8.01. The lowest BCUT2D eigenvalue weighted by Gasteiger charge is -2.13. The molecule has 1 aromatic heterocycles. The van der Waals surface area contributed by atoms with E-state index in [4.69, 9.17) is 26.7 Å². The van der Waals surface area contributed by atoms with Crippen LogP contribution in [0.15, 0.2) is 54.7 Å². The standard InChI is InChI=1S/C25H22ClN3O4/c1-16-11-18(13-27)28-14-20(16)19-12-17(8-9-21(19)26)23(30)15-29-22-5-2-3-6-24(22)33-10-4-7-25(31)32/h2-3,5-6,8-9,11-12,14,29H,4,7,10,15H2,1H3,(H,31,32). The molecule has 7 nitrogen and oxygen atoms in total. The first-order valence-corrected chi connectivity index (χ1v) is 10.6. The van der Waals surface area contributed by atoms with Crippen LogP contribution in [0.25, 0.3) is 11.1 Å². The second-order valence-electron chi connectivity index (χ2n) is 7.31. The maximum atomic E-state index is 12.9. The van der Waals surface area contributed by atoms with E-state index in [1.54, 1.807) is 48.7 Å². The van der Waals surface area contributed by atoms with E-state index >= 15 is 0 Å². The van der Waals surface area contributed by atoms with Gasteiger partial charge in [0.25, 0.3) is 0 Å². The fourth-order valence-corrected chi connectivity index (χ4v) is 3.45. The van der Waals surface area contributed by atoms with Gasteiger partial charge in [0.1, 0.15) is 17.5 Å². The number of carboxylic acids is 1. The number of rotatable bonds is 10. The van der Waals surface area contributed by atoms with E-state index in [2.05, 4.69) is 10.3 Å². The molecule has 33 heavy (non-hydrogen) atoms. The van der Waals surface area contributed by atoms with Crippen molar-refractivity contribution in [2.45, 2.75) is 19.8 Å². The second kappa shape index (κ2) is 11.1. The van der Waals surface area contributed by atoms with Crippen LogP contribution in [0.5, 0.6) is 5.75 Å². The summed E-state index contributed by atoms with van der Waals surface area (Å²) in [6, 6.07) is 15.9. The smallest absolute Gasteiger partial charge is 0.303 e. The molecule has 8 heteroatoms. The van der Waals surface area contributed by atoms with E-state index in [1.807, 2.05) is 19.1 Å². The van der Waals surface area contributed by atoms with Crippen LogP contribution in [-0.2, 0) is 4.79 Å². The number of nitriles is 1. The Morgan fingerprint density at radius 3 is 2.70 bits per heavy atom. The van der Waals surface area contributed by atoms with Crippen LogP contribution in [-0.4, -0.2) is 35.0 Å². The first kappa shape index (κ1) is 23.8. The summed E-state index contributed by atoms with van der Waals surface area (Å²) in [5, 5.41) is 21.3. The molecule has 1 heterocycles. The number of aromatic nitrogens is 1. The average molecular weight is 464 g/mol. The molecule has 0 spiro atoms. The molecule has 0 aliphatic carbocycles. The number of carbonyl (C=O) groups excluding carboxylic acids is 1. The number of nitrogens with one attached hydrogen (secondary N) is 1. The summed E-state index contributed by atoms with van der Waals surface area (Å²) in [6.45, 7) is 2.15. The number of ether oxygens (including phenoxy) is 1. The van der Waals surface area contributed by atoms with Gasteiger partial charge in [0.05, 0.1) is 18.8 Å². The molecule has 3 rings (SSSR count). The van der Waals surface area contributed by atoms with Crippen molar-refractivity contribution in [3.63, 3.8) is 0 Å². The molecule has 2 aromatic carbocycles.